The summed E-state index contributed by atoms with van der Waals surface area (Å²) in [7, 11) is 1.34. The van der Waals surface area contributed by atoms with Gasteiger partial charge in [-0.15, -0.1) is 0 Å². The molecule has 47 heavy (non-hydrogen) atoms. The lowest BCUT2D eigenvalue weighted by Crippen LogP contribution is -2.43. The SMILES string of the molecule is CCOc1cc(C)c(-c2nc3ccccc3c(=O)n2N=Cc2cc(OC)c(OCC(=O)N3CCOCC3)c([N+](=O)[O-])c2)cc1C(C)C. The van der Waals surface area contributed by atoms with Crippen molar-refractivity contribution in [1.29, 1.82) is 0 Å². The molecule has 0 spiro atoms. The third-order valence-corrected chi connectivity index (χ3v) is 7.77. The minimum Gasteiger partial charge on any atom is -0.494 e. The summed E-state index contributed by atoms with van der Waals surface area (Å²) < 4.78 is 23.5. The highest BCUT2D eigenvalue weighted by Gasteiger charge is 2.25. The molecule has 1 fully saturated rings. The fourth-order valence-corrected chi connectivity index (χ4v) is 5.35. The van der Waals surface area contributed by atoms with E-state index in [4.69, 9.17) is 23.9 Å². The van der Waals surface area contributed by atoms with Gasteiger partial charge in [0.15, 0.2) is 18.2 Å². The third-order valence-electron chi connectivity index (χ3n) is 7.77. The van der Waals surface area contributed by atoms with Crippen LogP contribution in [0, 0.1) is 17.0 Å². The topological polar surface area (TPSA) is 148 Å². The number of nitrogens with zero attached hydrogens (tertiary/aromatic N) is 5. The van der Waals surface area contributed by atoms with Crippen LogP contribution in [0.25, 0.3) is 22.3 Å². The van der Waals surface area contributed by atoms with Crippen molar-refractivity contribution in [3.8, 4) is 28.6 Å². The number of aromatic nitrogens is 2. The molecular formula is C34H37N5O8. The first kappa shape index (κ1) is 33.1. The van der Waals surface area contributed by atoms with Gasteiger partial charge < -0.3 is 23.8 Å². The number of aryl methyl sites for hydroxylation is 1. The van der Waals surface area contributed by atoms with E-state index in [-0.39, 0.29) is 28.9 Å². The second-order valence-electron chi connectivity index (χ2n) is 11.2. The molecule has 1 aliphatic heterocycles. The highest BCUT2D eigenvalue weighted by atomic mass is 16.6. The smallest absolute Gasteiger partial charge is 0.315 e. The molecule has 2 heterocycles. The van der Waals surface area contributed by atoms with Crippen molar-refractivity contribution in [1.82, 2.24) is 14.6 Å². The molecule has 0 saturated carbocycles. The first-order chi connectivity index (χ1) is 22.6. The maximum Gasteiger partial charge on any atom is 0.315 e. The van der Waals surface area contributed by atoms with E-state index in [1.165, 1.54) is 30.1 Å². The van der Waals surface area contributed by atoms with E-state index in [2.05, 4.69) is 18.9 Å². The molecule has 246 valence electrons. The van der Waals surface area contributed by atoms with Crippen LogP contribution in [-0.4, -0.2) is 78.2 Å². The van der Waals surface area contributed by atoms with Crippen molar-refractivity contribution in [3.05, 3.63) is 85.7 Å². The van der Waals surface area contributed by atoms with Crippen LogP contribution in [0.3, 0.4) is 0 Å². The largest absolute Gasteiger partial charge is 0.494 e. The molecule has 1 aliphatic rings. The standard InChI is InChI=1S/C34H37N5O8/c1-6-46-29-15-22(4)26(18-25(29)21(2)3)33-36-27-10-8-7-9-24(27)34(41)38(33)35-19-23-16-28(39(42)43)32(30(17-23)44-5)47-20-31(40)37-11-13-45-14-12-37/h7-10,15-19,21H,6,11-14,20H2,1-5H3. The number of benzene rings is 3. The molecule has 1 amide bonds. The van der Waals surface area contributed by atoms with E-state index in [0.717, 1.165) is 16.9 Å². The van der Waals surface area contributed by atoms with Gasteiger partial charge in [0.1, 0.15) is 5.75 Å². The van der Waals surface area contributed by atoms with Crippen LogP contribution in [-0.2, 0) is 9.53 Å². The van der Waals surface area contributed by atoms with Crippen molar-refractivity contribution < 1.29 is 28.7 Å². The van der Waals surface area contributed by atoms with Gasteiger partial charge in [0.2, 0.25) is 5.75 Å². The Morgan fingerprint density at radius 1 is 1.13 bits per heavy atom. The lowest BCUT2D eigenvalue weighted by molar-refractivity contribution is -0.385. The first-order valence-corrected chi connectivity index (χ1v) is 15.3. The Kier molecular flexibility index (Phi) is 10.1. The van der Waals surface area contributed by atoms with Gasteiger partial charge in [-0.2, -0.15) is 9.78 Å². The monoisotopic (exact) mass is 643 g/mol. The van der Waals surface area contributed by atoms with E-state index >= 15 is 0 Å². The first-order valence-electron chi connectivity index (χ1n) is 15.3. The maximum atomic E-state index is 13.9. The van der Waals surface area contributed by atoms with Crippen LogP contribution < -0.4 is 19.8 Å². The summed E-state index contributed by atoms with van der Waals surface area (Å²) in [5.74, 6) is 0.705. The number of carbonyl (C=O) groups excluding carboxylic acids is 1. The Labute approximate surface area is 271 Å². The van der Waals surface area contributed by atoms with E-state index in [1.807, 2.05) is 26.0 Å². The molecule has 0 aliphatic carbocycles. The molecule has 1 aromatic heterocycles. The number of hydrogen-bond donors (Lipinski definition) is 0. The highest BCUT2D eigenvalue weighted by Crippen LogP contribution is 2.38. The van der Waals surface area contributed by atoms with E-state index < -0.39 is 22.8 Å². The molecule has 5 rings (SSSR count). The van der Waals surface area contributed by atoms with Gasteiger partial charge in [-0.3, -0.25) is 19.7 Å². The number of methoxy groups -OCH3 is 1. The number of nitro groups is 1. The number of para-hydroxylation sites is 1. The molecule has 13 nitrogen and oxygen atoms in total. The van der Waals surface area contributed by atoms with Crippen molar-refractivity contribution in [2.45, 2.75) is 33.6 Å². The number of ether oxygens (including phenoxy) is 4. The Morgan fingerprint density at radius 3 is 2.55 bits per heavy atom. The molecular weight excluding hydrogens is 606 g/mol. The number of rotatable bonds is 11. The Hall–Kier alpha value is -5.30. The van der Waals surface area contributed by atoms with Gasteiger partial charge in [-0.05, 0) is 61.2 Å². The zero-order valence-corrected chi connectivity index (χ0v) is 27.0. The van der Waals surface area contributed by atoms with Crippen LogP contribution in [0.2, 0.25) is 0 Å². The summed E-state index contributed by atoms with van der Waals surface area (Å²) in [5.41, 5.74) is 2.40. The van der Waals surface area contributed by atoms with E-state index in [0.29, 0.717) is 55.2 Å². The molecule has 1 saturated heterocycles. The van der Waals surface area contributed by atoms with Gasteiger partial charge in [0.25, 0.3) is 11.5 Å². The van der Waals surface area contributed by atoms with Crippen LogP contribution in [0.4, 0.5) is 5.69 Å². The molecule has 0 atom stereocenters. The van der Waals surface area contributed by atoms with Gasteiger partial charge in [0, 0.05) is 30.3 Å². The summed E-state index contributed by atoms with van der Waals surface area (Å²) >= 11 is 0. The molecule has 3 aromatic carbocycles. The minimum atomic E-state index is -0.625. The molecule has 4 aromatic rings. The van der Waals surface area contributed by atoms with E-state index in [9.17, 15) is 19.7 Å². The van der Waals surface area contributed by atoms with Crippen LogP contribution in [0.1, 0.15) is 43.4 Å². The number of fused-ring (bicyclic) bond motifs is 1. The minimum absolute atomic E-state index is 0.0311. The fraction of sp³-hybridized carbons (Fsp3) is 0.353. The second kappa shape index (κ2) is 14.4. The number of morpholine rings is 1. The summed E-state index contributed by atoms with van der Waals surface area (Å²) in [6, 6.07) is 13.6. The maximum absolute atomic E-state index is 13.9. The zero-order chi connectivity index (χ0) is 33.7. The molecule has 0 bridgehead atoms. The fourth-order valence-electron chi connectivity index (χ4n) is 5.35. The summed E-state index contributed by atoms with van der Waals surface area (Å²) in [5, 5.41) is 17.0. The Morgan fingerprint density at radius 2 is 1.87 bits per heavy atom. The van der Waals surface area contributed by atoms with Gasteiger partial charge >= 0.3 is 5.69 Å². The Balaban J connectivity index is 1.58. The van der Waals surface area contributed by atoms with E-state index in [1.54, 1.807) is 29.2 Å². The average Bonchev–Trinajstić information content (AvgIpc) is 3.07. The quantitative estimate of drug-likeness (QED) is 0.126. The lowest BCUT2D eigenvalue weighted by atomic mass is 9.96. The lowest BCUT2D eigenvalue weighted by Gasteiger charge is -2.26. The van der Waals surface area contributed by atoms with Gasteiger partial charge in [-0.1, -0.05) is 26.0 Å². The summed E-state index contributed by atoms with van der Waals surface area (Å²) in [6.45, 7) is 9.70. The molecule has 0 radical (unpaired) electrons. The molecule has 0 unspecified atom stereocenters. The van der Waals surface area contributed by atoms with Crippen molar-refractivity contribution in [2.24, 2.45) is 5.10 Å². The number of hydrogen-bond acceptors (Lipinski definition) is 10. The summed E-state index contributed by atoms with van der Waals surface area (Å²) in [4.78, 5) is 44.4. The molecule has 13 heteroatoms. The predicted octanol–water partition coefficient (Wildman–Crippen LogP) is 4.93. The number of nitro benzene ring substituents is 1. The van der Waals surface area contributed by atoms with Gasteiger partial charge in [0.05, 0.1) is 49.0 Å². The average molecular weight is 644 g/mol. The van der Waals surface area contributed by atoms with Crippen molar-refractivity contribution in [3.63, 3.8) is 0 Å². The van der Waals surface area contributed by atoms with Crippen molar-refractivity contribution in [2.75, 3.05) is 46.6 Å². The number of carbonyl (C=O) groups is 1. The van der Waals surface area contributed by atoms with Crippen molar-refractivity contribution >= 4 is 28.7 Å². The van der Waals surface area contributed by atoms with Crippen LogP contribution >= 0.6 is 0 Å². The Bertz CT molecular complexity index is 1900. The molecule has 0 N–H and O–H groups in total. The second-order valence-corrected chi connectivity index (χ2v) is 11.2. The number of amides is 1. The predicted molar refractivity (Wildman–Crippen MR) is 177 cm³/mol. The summed E-state index contributed by atoms with van der Waals surface area (Å²) in [6.07, 6.45) is 1.33. The van der Waals surface area contributed by atoms with Crippen LogP contribution in [0.15, 0.2) is 58.4 Å². The third kappa shape index (κ3) is 7.09. The van der Waals surface area contributed by atoms with Crippen LogP contribution in [0.5, 0.6) is 17.2 Å². The van der Waals surface area contributed by atoms with Gasteiger partial charge in [-0.25, -0.2) is 4.98 Å². The highest BCUT2D eigenvalue weighted by molar-refractivity contribution is 5.85. The normalized spacial score (nSPS) is 13.4. The zero-order valence-electron chi connectivity index (χ0n) is 27.0.